The molecule has 0 radical (unpaired) electrons. The van der Waals surface area contributed by atoms with Crippen LogP contribution in [-0.2, 0) is 0 Å². The Bertz CT molecular complexity index is 1000. The molecule has 0 fully saturated rings. The number of rotatable bonds is 2. The largest absolute Gasteiger partial charge is 0.384 e. The fraction of sp³-hybridized carbons (Fsp3) is 0. The lowest BCUT2D eigenvalue weighted by atomic mass is 9.96. The number of nitrogen functional groups attached to an aromatic ring is 1. The van der Waals surface area contributed by atoms with Crippen LogP contribution in [0.2, 0.25) is 0 Å². The smallest absolute Gasteiger partial charge is 0.268 e. The maximum Gasteiger partial charge on any atom is 0.268 e. The van der Waals surface area contributed by atoms with Crippen LogP contribution < -0.4 is 11.3 Å². The normalized spacial score (nSPS) is 10.0. The van der Waals surface area contributed by atoms with Gasteiger partial charge < -0.3 is 10.7 Å². The van der Waals surface area contributed by atoms with Gasteiger partial charge >= 0.3 is 0 Å². The monoisotopic (exact) mass is 304 g/mol. The highest BCUT2D eigenvalue weighted by atomic mass is 16.1. The molecule has 9 nitrogen and oxygen atoms in total. The molecule has 4 N–H and O–H groups in total. The minimum atomic E-state index is -0.638. The van der Waals surface area contributed by atoms with Crippen molar-refractivity contribution >= 4 is 5.82 Å². The zero-order valence-electron chi connectivity index (χ0n) is 11.5. The van der Waals surface area contributed by atoms with Gasteiger partial charge in [-0.15, -0.1) is 10.2 Å². The lowest BCUT2D eigenvalue weighted by Gasteiger charge is -2.09. The number of pyridine rings is 1. The summed E-state index contributed by atoms with van der Waals surface area (Å²) in [5.41, 5.74) is 6.34. The minimum Gasteiger partial charge on any atom is -0.384 e. The third-order valence-corrected chi connectivity index (χ3v) is 3.25. The molecule has 0 aliphatic rings. The van der Waals surface area contributed by atoms with E-state index < -0.39 is 5.56 Å². The van der Waals surface area contributed by atoms with Gasteiger partial charge in [0.1, 0.15) is 29.1 Å². The van der Waals surface area contributed by atoms with Gasteiger partial charge in [-0.1, -0.05) is 24.3 Å². The van der Waals surface area contributed by atoms with Crippen molar-refractivity contribution in [1.29, 1.82) is 10.5 Å². The van der Waals surface area contributed by atoms with Crippen LogP contribution in [0.1, 0.15) is 11.1 Å². The number of H-pyrrole nitrogens is 2. The Morgan fingerprint density at radius 3 is 2.26 bits per heavy atom. The van der Waals surface area contributed by atoms with Gasteiger partial charge in [0, 0.05) is 11.1 Å². The van der Waals surface area contributed by atoms with Crippen LogP contribution in [-0.4, -0.2) is 25.6 Å². The van der Waals surface area contributed by atoms with E-state index in [1.807, 2.05) is 12.1 Å². The Morgan fingerprint density at radius 1 is 1.04 bits per heavy atom. The molecule has 0 bridgehead atoms. The molecule has 0 aliphatic heterocycles. The van der Waals surface area contributed by atoms with Crippen molar-refractivity contribution < 1.29 is 0 Å². The Labute approximate surface area is 129 Å². The zero-order chi connectivity index (χ0) is 16.4. The van der Waals surface area contributed by atoms with E-state index in [1.165, 1.54) is 0 Å². The zero-order valence-corrected chi connectivity index (χ0v) is 11.5. The average molecular weight is 304 g/mol. The Balaban J connectivity index is 2.21. The molecule has 3 rings (SSSR count). The SMILES string of the molecule is N#Cc1c(N)[nH]c(=O)c(C#N)c1-c1ccc(-c2nn[nH]n2)cc1. The maximum atomic E-state index is 11.9. The van der Waals surface area contributed by atoms with Crippen LogP contribution in [0.15, 0.2) is 29.1 Å². The van der Waals surface area contributed by atoms with Crippen molar-refractivity contribution in [3.8, 4) is 34.7 Å². The van der Waals surface area contributed by atoms with Gasteiger partial charge in [0.15, 0.2) is 0 Å². The van der Waals surface area contributed by atoms with Gasteiger partial charge in [0.05, 0.1) is 0 Å². The Morgan fingerprint density at radius 2 is 1.70 bits per heavy atom. The van der Waals surface area contributed by atoms with Crippen molar-refractivity contribution in [3.63, 3.8) is 0 Å². The van der Waals surface area contributed by atoms with E-state index >= 15 is 0 Å². The van der Waals surface area contributed by atoms with E-state index in [1.54, 1.807) is 24.3 Å². The van der Waals surface area contributed by atoms with Crippen LogP contribution in [0.3, 0.4) is 0 Å². The highest BCUT2D eigenvalue weighted by Crippen LogP contribution is 2.29. The van der Waals surface area contributed by atoms with E-state index in [4.69, 9.17) is 5.73 Å². The first-order valence-corrected chi connectivity index (χ1v) is 6.36. The van der Waals surface area contributed by atoms with E-state index in [-0.39, 0.29) is 22.5 Å². The van der Waals surface area contributed by atoms with Crippen molar-refractivity contribution in [3.05, 3.63) is 45.7 Å². The molecule has 0 saturated carbocycles. The van der Waals surface area contributed by atoms with Crippen LogP contribution >= 0.6 is 0 Å². The van der Waals surface area contributed by atoms with Gasteiger partial charge in [0.25, 0.3) is 5.56 Å². The molecule has 0 amide bonds. The second-order valence-electron chi connectivity index (χ2n) is 4.53. The van der Waals surface area contributed by atoms with E-state index in [0.717, 1.165) is 0 Å². The predicted molar refractivity (Wildman–Crippen MR) is 79.5 cm³/mol. The molecule has 2 heterocycles. The number of aromatic nitrogens is 5. The van der Waals surface area contributed by atoms with Crippen LogP contribution in [0.25, 0.3) is 22.5 Å². The van der Waals surface area contributed by atoms with Gasteiger partial charge in [0.2, 0.25) is 5.82 Å². The summed E-state index contributed by atoms with van der Waals surface area (Å²) in [6.07, 6.45) is 0. The molecule has 0 aliphatic carbocycles. The summed E-state index contributed by atoms with van der Waals surface area (Å²) >= 11 is 0. The van der Waals surface area contributed by atoms with Crippen LogP contribution in [0.4, 0.5) is 5.82 Å². The van der Waals surface area contributed by atoms with Crippen molar-refractivity contribution in [2.24, 2.45) is 0 Å². The molecule has 23 heavy (non-hydrogen) atoms. The van der Waals surface area contributed by atoms with Gasteiger partial charge in [-0.25, -0.2) is 0 Å². The molecule has 1 aromatic carbocycles. The van der Waals surface area contributed by atoms with E-state index in [2.05, 4.69) is 25.6 Å². The van der Waals surface area contributed by atoms with Crippen LogP contribution in [0, 0.1) is 22.7 Å². The second-order valence-corrected chi connectivity index (χ2v) is 4.53. The maximum absolute atomic E-state index is 11.9. The number of hydrogen-bond donors (Lipinski definition) is 3. The van der Waals surface area contributed by atoms with Crippen molar-refractivity contribution in [2.75, 3.05) is 5.73 Å². The molecule has 9 heteroatoms. The fourth-order valence-corrected chi connectivity index (χ4v) is 2.20. The number of nitrogens with one attached hydrogen (secondary N) is 2. The topological polar surface area (TPSA) is 161 Å². The van der Waals surface area contributed by atoms with Crippen LogP contribution in [0.5, 0.6) is 0 Å². The standard InChI is InChI=1S/C14H8N8O/c15-5-9-11(10(6-16)14(23)18-12(9)17)7-1-3-8(4-2-7)13-19-21-22-20-13/h1-4H,(H3,17,18,23)(H,19,20,21,22). The number of aromatic amines is 2. The summed E-state index contributed by atoms with van der Waals surface area (Å²) in [6, 6.07) is 10.4. The average Bonchev–Trinajstić information content (AvgIpc) is 3.09. The second kappa shape index (κ2) is 5.42. The quantitative estimate of drug-likeness (QED) is 0.622. The molecule has 0 spiro atoms. The van der Waals surface area contributed by atoms with E-state index in [9.17, 15) is 15.3 Å². The first kappa shape index (κ1) is 14.0. The van der Waals surface area contributed by atoms with Gasteiger partial charge in [-0.05, 0) is 10.8 Å². The Hall–Kier alpha value is -3.98. The molecule has 0 saturated heterocycles. The number of benzene rings is 1. The van der Waals surface area contributed by atoms with Crippen molar-refractivity contribution in [1.82, 2.24) is 25.6 Å². The Kier molecular flexibility index (Phi) is 3.30. The lowest BCUT2D eigenvalue weighted by molar-refractivity contribution is 0.881. The molecule has 2 aromatic heterocycles. The summed E-state index contributed by atoms with van der Waals surface area (Å²) < 4.78 is 0. The third kappa shape index (κ3) is 2.28. The number of nitrogens with two attached hydrogens (primary N) is 1. The molecular weight excluding hydrogens is 296 g/mol. The molecular formula is C14H8N8O. The van der Waals surface area contributed by atoms with Gasteiger partial charge in [-0.3, -0.25) is 4.79 Å². The molecule has 110 valence electrons. The molecule has 3 aromatic rings. The van der Waals surface area contributed by atoms with E-state index in [0.29, 0.717) is 17.0 Å². The summed E-state index contributed by atoms with van der Waals surface area (Å²) in [5.74, 6) is 0.330. The minimum absolute atomic E-state index is 0.0495. The number of nitrogens with zero attached hydrogens (tertiary/aromatic N) is 5. The summed E-state index contributed by atoms with van der Waals surface area (Å²) in [4.78, 5) is 14.2. The fourth-order valence-electron chi connectivity index (χ4n) is 2.20. The predicted octanol–water partition coefficient (Wildman–Crippen LogP) is 0.548. The van der Waals surface area contributed by atoms with Gasteiger partial charge in [-0.2, -0.15) is 15.7 Å². The highest BCUT2D eigenvalue weighted by Gasteiger charge is 2.18. The summed E-state index contributed by atoms with van der Waals surface area (Å²) in [6.45, 7) is 0. The lowest BCUT2D eigenvalue weighted by Crippen LogP contribution is -2.16. The number of anilines is 1. The number of nitriles is 2. The number of tetrazole rings is 1. The molecule has 0 atom stereocenters. The first-order valence-electron chi connectivity index (χ1n) is 6.36. The van der Waals surface area contributed by atoms with Crippen molar-refractivity contribution in [2.45, 2.75) is 0 Å². The third-order valence-electron chi connectivity index (χ3n) is 3.25. The first-order chi connectivity index (χ1) is 11.2. The number of hydrogen-bond acceptors (Lipinski definition) is 7. The summed E-state index contributed by atoms with van der Waals surface area (Å²) in [7, 11) is 0. The summed E-state index contributed by atoms with van der Waals surface area (Å²) in [5, 5.41) is 32.0. The highest BCUT2D eigenvalue weighted by molar-refractivity contribution is 5.81. The molecule has 0 unspecified atom stereocenters.